The molecule has 3 rings (SSSR count). The number of fused-ring (bicyclic) bond motifs is 1. The third-order valence-corrected chi connectivity index (χ3v) is 5.85. The first-order valence-corrected chi connectivity index (χ1v) is 8.90. The van der Waals surface area contributed by atoms with E-state index in [9.17, 15) is 8.42 Å². The Hall–Kier alpha value is -1.16. The van der Waals surface area contributed by atoms with Gasteiger partial charge in [0.15, 0.2) is 10.8 Å². The van der Waals surface area contributed by atoms with Gasteiger partial charge >= 0.3 is 0 Å². The Bertz CT molecular complexity index is 700. The van der Waals surface area contributed by atoms with Crippen LogP contribution in [0.1, 0.15) is 25.7 Å². The Morgan fingerprint density at radius 1 is 1.45 bits per heavy atom. The third-order valence-electron chi connectivity index (χ3n) is 3.65. The largest absolute Gasteiger partial charge is 0.306 e. The van der Waals surface area contributed by atoms with Gasteiger partial charge in [0.25, 0.3) is 10.0 Å². The topological polar surface area (TPSA) is 102 Å². The highest BCUT2D eigenvalue weighted by molar-refractivity contribution is 7.89. The van der Waals surface area contributed by atoms with Gasteiger partial charge in [0.1, 0.15) is 0 Å². The average molecular weight is 315 g/mol. The lowest BCUT2D eigenvalue weighted by Crippen LogP contribution is -2.30. The number of rotatable bonds is 5. The zero-order valence-corrected chi connectivity index (χ0v) is 12.5. The number of nitrogens with zero attached hydrogens (tertiary/aromatic N) is 2. The molecule has 0 saturated heterocycles. The summed E-state index contributed by atoms with van der Waals surface area (Å²) in [5.74, 6) is 5.99. The fraction of sp³-hybridized carbons (Fsp3) is 0.545. The van der Waals surface area contributed by atoms with Crippen LogP contribution in [0.3, 0.4) is 0 Å². The van der Waals surface area contributed by atoms with Crippen molar-refractivity contribution in [2.45, 2.75) is 30.7 Å². The van der Waals surface area contributed by atoms with E-state index >= 15 is 0 Å². The molecular formula is C11H17N5O2S2. The van der Waals surface area contributed by atoms with Crippen LogP contribution < -0.4 is 16.0 Å². The molecule has 0 radical (unpaired) electrons. The quantitative estimate of drug-likeness (QED) is 0.567. The molecule has 2 aromatic heterocycles. The lowest BCUT2D eigenvalue weighted by atomic mass is 10.1. The number of nitrogens with two attached hydrogens (primary N) is 1. The molecule has 0 aromatic carbocycles. The third kappa shape index (κ3) is 2.41. The number of sulfonamides is 1. The minimum atomic E-state index is -3.63. The molecule has 0 atom stereocenters. The first-order valence-electron chi connectivity index (χ1n) is 6.53. The van der Waals surface area contributed by atoms with Crippen LogP contribution in [0.25, 0.3) is 4.96 Å². The maximum absolute atomic E-state index is 12.5. The molecule has 0 bridgehead atoms. The molecule has 9 heteroatoms. The summed E-state index contributed by atoms with van der Waals surface area (Å²) in [6.07, 6.45) is 6.22. The number of nitrogens with one attached hydrogen (secondary N) is 2. The van der Waals surface area contributed by atoms with Gasteiger partial charge < -0.3 is 5.43 Å². The number of thiazole rings is 1. The standard InChI is InChI=1S/C11H17N5O2S2/c12-15-9-10(16-5-6-19-11(16)14-9)20(17,18)13-7-8-3-1-2-4-8/h5-6,8,13,15H,1-4,7,12H2. The highest BCUT2D eigenvalue weighted by Crippen LogP contribution is 2.27. The summed E-state index contributed by atoms with van der Waals surface area (Å²) in [6, 6.07) is 0. The summed E-state index contributed by atoms with van der Waals surface area (Å²) in [5, 5.41) is 1.87. The predicted molar refractivity (Wildman–Crippen MR) is 78.0 cm³/mol. The van der Waals surface area contributed by atoms with Crippen LogP contribution in [0.5, 0.6) is 0 Å². The molecule has 0 spiro atoms. The molecule has 4 N–H and O–H groups in total. The van der Waals surface area contributed by atoms with E-state index in [0.717, 1.165) is 12.8 Å². The van der Waals surface area contributed by atoms with Gasteiger partial charge in [-0.25, -0.2) is 19.0 Å². The fourth-order valence-electron chi connectivity index (χ4n) is 2.63. The van der Waals surface area contributed by atoms with Gasteiger partial charge in [-0.05, 0) is 18.8 Å². The summed E-state index contributed by atoms with van der Waals surface area (Å²) >= 11 is 1.36. The first kappa shape index (κ1) is 13.8. The van der Waals surface area contributed by atoms with Crippen LogP contribution in [0, 0.1) is 5.92 Å². The van der Waals surface area contributed by atoms with E-state index in [1.165, 1.54) is 28.6 Å². The molecular weight excluding hydrogens is 298 g/mol. The Balaban J connectivity index is 1.89. The maximum Gasteiger partial charge on any atom is 0.260 e. The van der Waals surface area contributed by atoms with Crippen molar-refractivity contribution >= 4 is 32.1 Å². The van der Waals surface area contributed by atoms with Gasteiger partial charge in [0, 0.05) is 18.1 Å². The van der Waals surface area contributed by atoms with Crippen molar-refractivity contribution in [1.82, 2.24) is 14.1 Å². The van der Waals surface area contributed by atoms with E-state index in [0.29, 0.717) is 17.4 Å². The predicted octanol–water partition coefficient (Wildman–Crippen LogP) is 1.15. The SMILES string of the molecule is NNc1nc2sccn2c1S(=O)(=O)NCC1CCCC1. The van der Waals surface area contributed by atoms with Crippen LogP contribution in [-0.2, 0) is 10.0 Å². The monoisotopic (exact) mass is 315 g/mol. The molecule has 20 heavy (non-hydrogen) atoms. The van der Waals surface area contributed by atoms with E-state index in [2.05, 4.69) is 15.1 Å². The van der Waals surface area contributed by atoms with Gasteiger partial charge in [0.05, 0.1) is 0 Å². The zero-order valence-electron chi connectivity index (χ0n) is 10.9. The molecule has 1 fully saturated rings. The van der Waals surface area contributed by atoms with Crippen LogP contribution in [0.4, 0.5) is 5.82 Å². The summed E-state index contributed by atoms with van der Waals surface area (Å²) in [6.45, 7) is 0.476. The number of hydrogen-bond acceptors (Lipinski definition) is 6. The fourth-order valence-corrected chi connectivity index (χ4v) is 4.76. The van der Waals surface area contributed by atoms with E-state index in [-0.39, 0.29) is 10.8 Å². The lowest BCUT2D eigenvalue weighted by Gasteiger charge is -2.11. The summed E-state index contributed by atoms with van der Waals surface area (Å²) in [7, 11) is -3.63. The van der Waals surface area contributed by atoms with Gasteiger partial charge in [-0.2, -0.15) is 4.98 Å². The van der Waals surface area contributed by atoms with Crippen molar-refractivity contribution in [3.8, 4) is 0 Å². The Labute approximate surface area is 121 Å². The van der Waals surface area contributed by atoms with Crippen molar-refractivity contribution < 1.29 is 8.42 Å². The van der Waals surface area contributed by atoms with Gasteiger partial charge in [-0.15, -0.1) is 11.3 Å². The summed E-state index contributed by atoms with van der Waals surface area (Å²) < 4.78 is 29.2. The van der Waals surface area contributed by atoms with Crippen molar-refractivity contribution in [3.05, 3.63) is 11.6 Å². The normalized spacial score (nSPS) is 17.1. The number of nitrogen functional groups attached to an aromatic ring is 1. The van der Waals surface area contributed by atoms with E-state index < -0.39 is 10.0 Å². The molecule has 7 nitrogen and oxygen atoms in total. The van der Waals surface area contributed by atoms with Crippen molar-refractivity contribution in [1.29, 1.82) is 0 Å². The average Bonchev–Trinajstić information content (AvgIpc) is 3.11. The van der Waals surface area contributed by atoms with Crippen molar-refractivity contribution in [3.63, 3.8) is 0 Å². The summed E-state index contributed by atoms with van der Waals surface area (Å²) in [4.78, 5) is 4.76. The second-order valence-corrected chi connectivity index (χ2v) is 7.52. The van der Waals surface area contributed by atoms with Crippen molar-refractivity contribution in [2.75, 3.05) is 12.0 Å². The molecule has 0 aliphatic heterocycles. The van der Waals surface area contributed by atoms with Gasteiger partial charge in [-0.3, -0.25) is 4.40 Å². The Kier molecular flexibility index (Phi) is 3.67. The van der Waals surface area contributed by atoms with E-state index in [1.807, 2.05) is 0 Å². The maximum atomic E-state index is 12.5. The smallest absolute Gasteiger partial charge is 0.260 e. The lowest BCUT2D eigenvalue weighted by molar-refractivity contribution is 0.518. The van der Waals surface area contributed by atoms with E-state index in [1.54, 1.807) is 11.6 Å². The minimum Gasteiger partial charge on any atom is -0.306 e. The Morgan fingerprint density at radius 3 is 2.90 bits per heavy atom. The van der Waals surface area contributed by atoms with Gasteiger partial charge in [0.2, 0.25) is 5.03 Å². The second kappa shape index (κ2) is 5.32. The second-order valence-electron chi connectivity index (χ2n) is 4.97. The number of aromatic nitrogens is 2. The molecule has 2 aromatic rings. The molecule has 110 valence electrons. The van der Waals surface area contributed by atoms with Crippen molar-refractivity contribution in [2.24, 2.45) is 11.8 Å². The van der Waals surface area contributed by atoms with Crippen LogP contribution >= 0.6 is 11.3 Å². The molecule has 0 amide bonds. The number of anilines is 1. The first-order chi connectivity index (χ1) is 9.62. The van der Waals surface area contributed by atoms with Gasteiger partial charge in [-0.1, -0.05) is 12.8 Å². The van der Waals surface area contributed by atoms with E-state index in [4.69, 9.17) is 5.84 Å². The van der Waals surface area contributed by atoms with Crippen LogP contribution in [0.15, 0.2) is 16.6 Å². The highest BCUT2D eigenvalue weighted by Gasteiger charge is 2.27. The number of hydrogen-bond donors (Lipinski definition) is 3. The minimum absolute atomic E-state index is 0.0780. The van der Waals surface area contributed by atoms with Crippen LogP contribution in [-0.4, -0.2) is 24.3 Å². The molecule has 0 unspecified atom stereocenters. The highest BCUT2D eigenvalue weighted by atomic mass is 32.2. The summed E-state index contributed by atoms with van der Waals surface area (Å²) in [5.41, 5.74) is 2.36. The molecule has 2 heterocycles. The zero-order chi connectivity index (χ0) is 14.2. The Morgan fingerprint density at radius 2 is 2.20 bits per heavy atom. The molecule has 1 aliphatic rings. The van der Waals surface area contributed by atoms with Crippen LogP contribution in [0.2, 0.25) is 0 Å². The number of hydrazine groups is 1. The molecule has 1 aliphatic carbocycles. The number of imidazole rings is 1. The molecule has 1 saturated carbocycles.